The number of nitro groups is 1. The van der Waals surface area contributed by atoms with Gasteiger partial charge in [0.15, 0.2) is 0 Å². The van der Waals surface area contributed by atoms with Crippen LogP contribution in [0.5, 0.6) is 0 Å². The van der Waals surface area contributed by atoms with E-state index in [9.17, 15) is 29.2 Å². The standard InChI is InChI=1S/C16H17FN2O5/c17-10-5-6-13(19(23)24)11(8-10)15(20)18-12-4-2-1-3-9(12)7-14(18)16(21)22/h5-6,8-9,12,14H,1-4,7H2,(H,21,22). The van der Waals surface area contributed by atoms with Gasteiger partial charge < -0.3 is 10.0 Å². The molecule has 1 heterocycles. The number of carboxylic acid groups (broad SMARTS) is 1. The van der Waals surface area contributed by atoms with E-state index in [2.05, 4.69) is 0 Å². The lowest BCUT2D eigenvalue weighted by Crippen LogP contribution is -2.46. The monoisotopic (exact) mass is 336 g/mol. The van der Waals surface area contributed by atoms with Gasteiger partial charge in [-0.05, 0) is 37.3 Å². The molecule has 3 rings (SSSR count). The molecule has 8 heteroatoms. The zero-order chi connectivity index (χ0) is 17.4. The Morgan fingerprint density at radius 3 is 2.67 bits per heavy atom. The SMILES string of the molecule is O=C(O)C1CC2CCCCC2N1C(=O)c1cc(F)ccc1[N+](=O)[O-]. The normalized spacial score (nSPS) is 26.0. The van der Waals surface area contributed by atoms with Crippen LogP contribution in [0.2, 0.25) is 0 Å². The third-order valence-electron chi connectivity index (χ3n) is 4.99. The molecule has 0 aromatic heterocycles. The molecule has 1 aliphatic heterocycles. The first-order valence-electron chi connectivity index (χ1n) is 7.89. The Balaban J connectivity index is 2.02. The van der Waals surface area contributed by atoms with Gasteiger partial charge in [0.2, 0.25) is 0 Å². The molecule has 1 aliphatic carbocycles. The van der Waals surface area contributed by atoms with Gasteiger partial charge in [0, 0.05) is 12.1 Å². The van der Waals surface area contributed by atoms with Gasteiger partial charge in [0.1, 0.15) is 17.4 Å². The van der Waals surface area contributed by atoms with E-state index in [1.165, 1.54) is 4.90 Å². The molecule has 0 bridgehead atoms. The number of likely N-dealkylation sites (tertiary alicyclic amines) is 1. The van der Waals surface area contributed by atoms with Crippen LogP contribution >= 0.6 is 0 Å². The first-order chi connectivity index (χ1) is 11.4. The largest absolute Gasteiger partial charge is 0.480 e. The van der Waals surface area contributed by atoms with Gasteiger partial charge >= 0.3 is 5.97 Å². The molecule has 7 nitrogen and oxygen atoms in total. The Morgan fingerprint density at radius 1 is 1.29 bits per heavy atom. The molecule has 2 fully saturated rings. The number of aliphatic carboxylic acids is 1. The second-order valence-electron chi connectivity index (χ2n) is 6.33. The van der Waals surface area contributed by atoms with E-state index in [-0.39, 0.29) is 12.0 Å². The zero-order valence-electron chi connectivity index (χ0n) is 12.9. The Bertz CT molecular complexity index is 708. The lowest BCUT2D eigenvalue weighted by atomic mass is 9.84. The van der Waals surface area contributed by atoms with Crippen molar-refractivity contribution >= 4 is 17.6 Å². The molecule has 3 unspecified atom stereocenters. The van der Waals surface area contributed by atoms with Crippen LogP contribution in [0.25, 0.3) is 0 Å². The smallest absolute Gasteiger partial charge is 0.326 e. The van der Waals surface area contributed by atoms with Crippen molar-refractivity contribution in [3.05, 3.63) is 39.7 Å². The van der Waals surface area contributed by atoms with Crippen LogP contribution < -0.4 is 0 Å². The Kier molecular flexibility index (Phi) is 4.21. The minimum absolute atomic E-state index is 0.0800. The maximum atomic E-state index is 13.5. The fraction of sp³-hybridized carbons (Fsp3) is 0.500. The Hall–Kier alpha value is -2.51. The maximum Gasteiger partial charge on any atom is 0.326 e. The van der Waals surface area contributed by atoms with Crippen molar-refractivity contribution in [2.24, 2.45) is 5.92 Å². The van der Waals surface area contributed by atoms with Crippen LogP contribution in [0.4, 0.5) is 10.1 Å². The molecular weight excluding hydrogens is 319 g/mol. The molecular formula is C16H17FN2O5. The van der Waals surface area contributed by atoms with Crippen LogP contribution in [0.15, 0.2) is 18.2 Å². The first kappa shape index (κ1) is 16.4. The number of nitro benzene ring substituents is 1. The highest BCUT2D eigenvalue weighted by Gasteiger charge is 2.48. The summed E-state index contributed by atoms with van der Waals surface area (Å²) in [4.78, 5) is 36.1. The van der Waals surface area contributed by atoms with Crippen molar-refractivity contribution in [2.75, 3.05) is 0 Å². The van der Waals surface area contributed by atoms with Gasteiger partial charge in [0.25, 0.3) is 11.6 Å². The van der Waals surface area contributed by atoms with Crippen LogP contribution in [0, 0.1) is 21.8 Å². The number of nitrogens with zero attached hydrogens (tertiary/aromatic N) is 2. The van der Waals surface area contributed by atoms with Gasteiger partial charge in [-0.15, -0.1) is 0 Å². The number of hydrogen-bond donors (Lipinski definition) is 1. The molecule has 1 N–H and O–H groups in total. The lowest BCUT2D eigenvalue weighted by molar-refractivity contribution is -0.385. The van der Waals surface area contributed by atoms with Crippen LogP contribution in [-0.2, 0) is 4.79 Å². The van der Waals surface area contributed by atoms with Crippen molar-refractivity contribution < 1.29 is 24.0 Å². The summed E-state index contributed by atoms with van der Waals surface area (Å²) >= 11 is 0. The summed E-state index contributed by atoms with van der Waals surface area (Å²) in [6.45, 7) is 0. The summed E-state index contributed by atoms with van der Waals surface area (Å²) < 4.78 is 13.5. The van der Waals surface area contributed by atoms with Gasteiger partial charge in [-0.2, -0.15) is 0 Å². The Morgan fingerprint density at radius 2 is 2.00 bits per heavy atom. The molecule has 2 aliphatic rings. The van der Waals surface area contributed by atoms with Crippen molar-refractivity contribution in [1.29, 1.82) is 0 Å². The fourth-order valence-electron chi connectivity index (χ4n) is 3.95. The summed E-state index contributed by atoms with van der Waals surface area (Å²) in [5, 5.41) is 20.6. The molecule has 1 saturated carbocycles. The summed E-state index contributed by atoms with van der Waals surface area (Å²) in [6, 6.07) is 1.39. The maximum absolute atomic E-state index is 13.5. The summed E-state index contributed by atoms with van der Waals surface area (Å²) in [7, 11) is 0. The minimum Gasteiger partial charge on any atom is -0.480 e. The van der Waals surface area contributed by atoms with Gasteiger partial charge in [-0.1, -0.05) is 12.8 Å². The van der Waals surface area contributed by atoms with Crippen LogP contribution in [-0.4, -0.2) is 38.9 Å². The van der Waals surface area contributed by atoms with Crippen LogP contribution in [0.3, 0.4) is 0 Å². The van der Waals surface area contributed by atoms with E-state index >= 15 is 0 Å². The average Bonchev–Trinajstić information content (AvgIpc) is 2.93. The Labute approximate surface area is 137 Å². The number of benzene rings is 1. The van der Waals surface area contributed by atoms with E-state index in [4.69, 9.17) is 0 Å². The van der Waals surface area contributed by atoms with E-state index < -0.39 is 39.9 Å². The third-order valence-corrected chi connectivity index (χ3v) is 4.99. The molecule has 0 spiro atoms. The highest BCUT2D eigenvalue weighted by molar-refractivity contribution is 6.00. The molecule has 3 atom stereocenters. The summed E-state index contributed by atoms with van der Waals surface area (Å²) in [5.74, 6) is -2.59. The van der Waals surface area contributed by atoms with Gasteiger partial charge in [-0.3, -0.25) is 14.9 Å². The number of carbonyl (C=O) groups is 2. The predicted octanol–water partition coefficient (Wildman–Crippen LogP) is 2.59. The fourth-order valence-corrected chi connectivity index (χ4v) is 3.95. The van der Waals surface area contributed by atoms with E-state index in [0.29, 0.717) is 12.8 Å². The first-order valence-corrected chi connectivity index (χ1v) is 7.89. The summed E-state index contributed by atoms with van der Waals surface area (Å²) in [5.41, 5.74) is -0.901. The molecule has 1 amide bonds. The molecule has 1 saturated heterocycles. The van der Waals surface area contributed by atoms with E-state index in [1.54, 1.807) is 0 Å². The molecule has 1 aromatic rings. The number of rotatable bonds is 3. The number of halogens is 1. The highest BCUT2D eigenvalue weighted by Crippen LogP contribution is 2.41. The number of carbonyl (C=O) groups excluding carboxylic acids is 1. The van der Waals surface area contributed by atoms with Gasteiger partial charge in [-0.25, -0.2) is 9.18 Å². The van der Waals surface area contributed by atoms with Crippen molar-refractivity contribution in [1.82, 2.24) is 4.90 Å². The highest BCUT2D eigenvalue weighted by atomic mass is 19.1. The number of fused-ring (bicyclic) bond motifs is 1. The number of amides is 1. The van der Waals surface area contributed by atoms with E-state index in [1.807, 2.05) is 0 Å². The second kappa shape index (κ2) is 6.18. The zero-order valence-corrected chi connectivity index (χ0v) is 12.9. The van der Waals surface area contributed by atoms with E-state index in [0.717, 1.165) is 37.5 Å². The second-order valence-corrected chi connectivity index (χ2v) is 6.33. The van der Waals surface area contributed by atoms with Crippen molar-refractivity contribution in [3.63, 3.8) is 0 Å². The topological polar surface area (TPSA) is 101 Å². The third kappa shape index (κ3) is 2.72. The summed E-state index contributed by atoms with van der Waals surface area (Å²) in [6.07, 6.45) is 3.71. The average molecular weight is 336 g/mol. The molecule has 0 radical (unpaired) electrons. The quantitative estimate of drug-likeness (QED) is 0.675. The molecule has 1 aromatic carbocycles. The van der Waals surface area contributed by atoms with Crippen molar-refractivity contribution in [3.8, 4) is 0 Å². The minimum atomic E-state index is -1.13. The number of hydrogen-bond acceptors (Lipinski definition) is 4. The predicted molar refractivity (Wildman–Crippen MR) is 81.0 cm³/mol. The van der Waals surface area contributed by atoms with Crippen LogP contribution in [0.1, 0.15) is 42.5 Å². The number of carboxylic acids is 1. The van der Waals surface area contributed by atoms with Gasteiger partial charge in [0.05, 0.1) is 4.92 Å². The lowest BCUT2D eigenvalue weighted by Gasteiger charge is -2.32. The molecule has 24 heavy (non-hydrogen) atoms. The molecule has 128 valence electrons. The van der Waals surface area contributed by atoms with Crippen molar-refractivity contribution in [2.45, 2.75) is 44.2 Å².